The highest BCUT2D eigenvalue weighted by atomic mass is 16.5. The van der Waals surface area contributed by atoms with Gasteiger partial charge in [0.25, 0.3) is 5.91 Å². The van der Waals surface area contributed by atoms with E-state index >= 15 is 0 Å². The smallest absolute Gasteiger partial charge is 0.256 e. The molecule has 3 aromatic rings. The van der Waals surface area contributed by atoms with Crippen molar-refractivity contribution >= 4 is 11.6 Å². The Morgan fingerprint density at radius 1 is 1.04 bits per heavy atom. The Labute approximate surface area is 155 Å². The quantitative estimate of drug-likeness (QED) is 0.700. The lowest BCUT2D eigenvalue weighted by Crippen LogP contribution is -2.14. The second kappa shape index (κ2) is 7.36. The van der Waals surface area contributed by atoms with E-state index in [0.29, 0.717) is 34.3 Å². The number of carbonyl (C=O) groups is 1. The Morgan fingerprint density at radius 3 is 2.15 bits per heavy atom. The minimum Gasteiger partial charge on any atom is -0.493 e. The number of nitrogens with one attached hydrogen (secondary N) is 1. The van der Waals surface area contributed by atoms with Crippen LogP contribution in [0.1, 0.15) is 16.1 Å². The number of rotatable bonds is 6. The van der Waals surface area contributed by atoms with Crippen LogP contribution in [0.15, 0.2) is 24.8 Å². The molecule has 0 saturated heterocycles. The number of aryl methyl sites for hydroxylation is 1. The van der Waals surface area contributed by atoms with Crippen molar-refractivity contribution in [2.75, 3.05) is 26.6 Å². The molecule has 1 N–H and O–H groups in total. The Morgan fingerprint density at radius 2 is 1.63 bits per heavy atom. The Balaban J connectivity index is 2.00. The monoisotopic (exact) mass is 372 g/mol. The third-order valence-corrected chi connectivity index (χ3v) is 4.14. The lowest BCUT2D eigenvalue weighted by atomic mass is 10.1. The highest BCUT2D eigenvalue weighted by Gasteiger charge is 2.21. The molecule has 0 fully saturated rings. The maximum absolute atomic E-state index is 12.9. The first-order chi connectivity index (χ1) is 13.0. The average Bonchev–Trinajstić information content (AvgIpc) is 3.30. The number of aromatic nitrogens is 5. The van der Waals surface area contributed by atoms with Crippen molar-refractivity contribution in [3.05, 3.63) is 36.0 Å². The fourth-order valence-corrected chi connectivity index (χ4v) is 2.63. The molecule has 0 radical (unpaired) electrons. The van der Waals surface area contributed by atoms with Gasteiger partial charge in [-0.1, -0.05) is 0 Å². The van der Waals surface area contributed by atoms with Crippen molar-refractivity contribution in [3.63, 3.8) is 0 Å². The van der Waals surface area contributed by atoms with Gasteiger partial charge in [-0.3, -0.25) is 14.0 Å². The molecule has 0 saturated carbocycles. The van der Waals surface area contributed by atoms with Crippen LogP contribution in [0, 0.1) is 6.92 Å². The fraction of sp³-hybridized carbons (Fsp3) is 0.294. The Kier molecular flexibility index (Phi) is 4.97. The molecule has 0 aliphatic carbocycles. The van der Waals surface area contributed by atoms with Gasteiger partial charge in [0.15, 0.2) is 17.3 Å². The van der Waals surface area contributed by atoms with Crippen LogP contribution >= 0.6 is 0 Å². The number of methoxy groups -OCH3 is 3. The van der Waals surface area contributed by atoms with Gasteiger partial charge in [-0.25, -0.2) is 0 Å². The van der Waals surface area contributed by atoms with Crippen LogP contribution < -0.4 is 19.5 Å². The normalized spacial score (nSPS) is 10.6. The van der Waals surface area contributed by atoms with Gasteiger partial charge in [0.1, 0.15) is 18.3 Å². The van der Waals surface area contributed by atoms with Crippen molar-refractivity contribution in [2.45, 2.75) is 6.92 Å². The number of anilines is 1. The van der Waals surface area contributed by atoms with Gasteiger partial charge in [0.2, 0.25) is 5.75 Å². The largest absolute Gasteiger partial charge is 0.493 e. The molecule has 0 aliphatic heterocycles. The molecule has 0 unspecified atom stereocenters. The van der Waals surface area contributed by atoms with Crippen LogP contribution in [0.25, 0.3) is 5.82 Å². The maximum Gasteiger partial charge on any atom is 0.256 e. The summed E-state index contributed by atoms with van der Waals surface area (Å²) in [6.45, 7) is 1.85. The van der Waals surface area contributed by atoms with E-state index in [2.05, 4.69) is 20.6 Å². The van der Waals surface area contributed by atoms with Crippen molar-refractivity contribution in [2.24, 2.45) is 7.05 Å². The zero-order valence-corrected chi connectivity index (χ0v) is 15.7. The minimum atomic E-state index is -0.348. The van der Waals surface area contributed by atoms with E-state index in [9.17, 15) is 4.79 Å². The molecule has 0 atom stereocenters. The maximum atomic E-state index is 12.9. The molecule has 0 aliphatic rings. The van der Waals surface area contributed by atoms with Crippen LogP contribution in [-0.2, 0) is 7.05 Å². The van der Waals surface area contributed by atoms with E-state index in [4.69, 9.17) is 14.2 Å². The number of ether oxygens (including phenoxy) is 3. The molecule has 0 spiro atoms. The van der Waals surface area contributed by atoms with Crippen molar-refractivity contribution < 1.29 is 19.0 Å². The molecule has 1 amide bonds. The van der Waals surface area contributed by atoms with E-state index in [1.165, 1.54) is 34.0 Å². The zero-order valence-electron chi connectivity index (χ0n) is 15.7. The summed E-state index contributed by atoms with van der Waals surface area (Å²) in [7, 11) is 6.28. The average molecular weight is 372 g/mol. The number of carbonyl (C=O) groups excluding carboxylic acids is 1. The van der Waals surface area contributed by atoms with Gasteiger partial charge in [-0.2, -0.15) is 5.10 Å². The topological polar surface area (TPSA) is 105 Å². The highest BCUT2D eigenvalue weighted by molar-refractivity contribution is 6.06. The van der Waals surface area contributed by atoms with Gasteiger partial charge in [-0.15, -0.1) is 10.2 Å². The Bertz CT molecular complexity index is 939. The summed E-state index contributed by atoms with van der Waals surface area (Å²) in [6, 6.07) is 3.17. The summed E-state index contributed by atoms with van der Waals surface area (Å²) in [6.07, 6.45) is 3.02. The number of amides is 1. The third-order valence-electron chi connectivity index (χ3n) is 4.14. The summed E-state index contributed by atoms with van der Waals surface area (Å²) in [5, 5.41) is 14.9. The number of nitrogens with zero attached hydrogens (tertiary/aromatic N) is 5. The molecule has 27 heavy (non-hydrogen) atoms. The van der Waals surface area contributed by atoms with Crippen LogP contribution in [0.4, 0.5) is 5.69 Å². The molecule has 2 heterocycles. The van der Waals surface area contributed by atoms with Gasteiger partial charge in [-0.05, 0) is 19.1 Å². The SMILES string of the molecule is COc1cc(C(=O)Nc2c(-n3cnnc3)nn(C)c2C)cc(OC)c1OC. The van der Waals surface area contributed by atoms with Gasteiger partial charge < -0.3 is 19.5 Å². The molecule has 3 rings (SSSR count). The van der Waals surface area contributed by atoms with Gasteiger partial charge in [0.05, 0.1) is 27.0 Å². The first-order valence-electron chi connectivity index (χ1n) is 8.00. The second-order valence-electron chi connectivity index (χ2n) is 5.64. The van der Waals surface area contributed by atoms with Gasteiger partial charge >= 0.3 is 0 Å². The van der Waals surface area contributed by atoms with Crippen molar-refractivity contribution in [3.8, 4) is 23.1 Å². The van der Waals surface area contributed by atoms with Crippen LogP contribution in [0.3, 0.4) is 0 Å². The molecule has 10 nitrogen and oxygen atoms in total. The molecule has 1 aromatic carbocycles. The van der Waals surface area contributed by atoms with Crippen LogP contribution in [-0.4, -0.2) is 51.8 Å². The lowest BCUT2D eigenvalue weighted by Gasteiger charge is -2.14. The van der Waals surface area contributed by atoms with Crippen molar-refractivity contribution in [1.82, 2.24) is 24.5 Å². The van der Waals surface area contributed by atoms with E-state index < -0.39 is 0 Å². The predicted molar refractivity (Wildman–Crippen MR) is 96.9 cm³/mol. The van der Waals surface area contributed by atoms with Crippen LogP contribution in [0.5, 0.6) is 17.2 Å². The first kappa shape index (κ1) is 18.2. The Hall–Kier alpha value is -3.56. The standard InChI is InChI=1S/C17H20N6O4/c1-10-14(16(21-22(10)2)23-8-18-19-9-23)20-17(24)11-6-12(25-3)15(27-5)13(7-11)26-4/h6-9H,1-5H3,(H,20,24). The highest BCUT2D eigenvalue weighted by Crippen LogP contribution is 2.38. The van der Waals surface area contributed by atoms with E-state index in [1.54, 1.807) is 28.4 Å². The number of hydrogen-bond donors (Lipinski definition) is 1. The predicted octanol–water partition coefficient (Wildman–Crippen LogP) is 1.59. The molecular weight excluding hydrogens is 352 g/mol. The third kappa shape index (κ3) is 3.28. The summed E-state index contributed by atoms with van der Waals surface area (Å²) < 4.78 is 19.2. The van der Waals surface area contributed by atoms with E-state index in [-0.39, 0.29) is 5.91 Å². The molecular formula is C17H20N6O4. The first-order valence-corrected chi connectivity index (χ1v) is 8.00. The summed E-state index contributed by atoms with van der Waals surface area (Å²) in [4.78, 5) is 12.9. The fourth-order valence-electron chi connectivity index (χ4n) is 2.63. The molecule has 10 heteroatoms. The zero-order chi connectivity index (χ0) is 19.6. The molecule has 0 bridgehead atoms. The molecule has 142 valence electrons. The number of benzene rings is 1. The summed E-state index contributed by atoms with van der Waals surface area (Å²) in [5.74, 6) is 1.37. The van der Waals surface area contributed by atoms with Crippen molar-refractivity contribution in [1.29, 1.82) is 0 Å². The van der Waals surface area contributed by atoms with Crippen LogP contribution in [0.2, 0.25) is 0 Å². The minimum absolute atomic E-state index is 0.348. The lowest BCUT2D eigenvalue weighted by molar-refractivity contribution is 0.102. The van der Waals surface area contributed by atoms with E-state index in [0.717, 1.165) is 5.69 Å². The number of hydrogen-bond acceptors (Lipinski definition) is 7. The van der Waals surface area contributed by atoms with Gasteiger partial charge in [0, 0.05) is 12.6 Å². The van der Waals surface area contributed by atoms with E-state index in [1.807, 2.05) is 6.92 Å². The second-order valence-corrected chi connectivity index (χ2v) is 5.64. The summed E-state index contributed by atoms with van der Waals surface area (Å²) >= 11 is 0. The molecule has 2 aromatic heterocycles. The summed E-state index contributed by atoms with van der Waals surface area (Å²) in [5.41, 5.74) is 1.68.